The molecule has 0 saturated heterocycles. The van der Waals surface area contributed by atoms with Gasteiger partial charge in [-0.2, -0.15) is 0 Å². The highest BCUT2D eigenvalue weighted by Crippen LogP contribution is 2.19. The van der Waals surface area contributed by atoms with E-state index in [0.29, 0.717) is 0 Å². The van der Waals surface area contributed by atoms with Crippen molar-refractivity contribution in [3.8, 4) is 0 Å². The first-order chi connectivity index (χ1) is 8.36. The number of hydrogen-bond acceptors (Lipinski definition) is 1. The zero-order valence-corrected chi connectivity index (χ0v) is 14.1. The van der Waals surface area contributed by atoms with Gasteiger partial charge in [0.05, 0.1) is 0 Å². The summed E-state index contributed by atoms with van der Waals surface area (Å²) in [7, 11) is 1.83. The van der Waals surface area contributed by atoms with Crippen molar-refractivity contribution >= 4 is 29.9 Å². The molecular weight excluding hydrogens is 337 g/mol. The molecule has 0 unspecified atom stereocenters. The SMILES string of the molecule is CCCCNC(=NC)NCCC1=CCCCC1.I. The Morgan fingerprint density at radius 2 is 2.06 bits per heavy atom. The van der Waals surface area contributed by atoms with Crippen LogP contribution in [0.5, 0.6) is 0 Å². The summed E-state index contributed by atoms with van der Waals surface area (Å²) in [6, 6.07) is 0. The lowest BCUT2D eigenvalue weighted by Gasteiger charge is -2.15. The van der Waals surface area contributed by atoms with Gasteiger partial charge in [0.1, 0.15) is 0 Å². The van der Waals surface area contributed by atoms with Crippen molar-refractivity contribution in [3.63, 3.8) is 0 Å². The number of guanidine groups is 1. The highest BCUT2D eigenvalue weighted by atomic mass is 127. The van der Waals surface area contributed by atoms with Gasteiger partial charge in [0.25, 0.3) is 0 Å². The zero-order valence-electron chi connectivity index (χ0n) is 11.8. The fraction of sp³-hybridized carbons (Fsp3) is 0.786. The molecule has 0 fully saturated rings. The largest absolute Gasteiger partial charge is 0.356 e. The Morgan fingerprint density at radius 3 is 2.67 bits per heavy atom. The van der Waals surface area contributed by atoms with Crippen LogP contribution in [0.25, 0.3) is 0 Å². The van der Waals surface area contributed by atoms with Gasteiger partial charge in [-0.15, -0.1) is 24.0 Å². The summed E-state index contributed by atoms with van der Waals surface area (Å²) >= 11 is 0. The van der Waals surface area contributed by atoms with Crippen molar-refractivity contribution in [3.05, 3.63) is 11.6 Å². The van der Waals surface area contributed by atoms with Gasteiger partial charge in [-0.3, -0.25) is 4.99 Å². The van der Waals surface area contributed by atoms with Crippen LogP contribution in [-0.2, 0) is 0 Å². The van der Waals surface area contributed by atoms with Crippen molar-refractivity contribution in [1.29, 1.82) is 0 Å². The summed E-state index contributed by atoms with van der Waals surface area (Å²) in [6.45, 7) is 4.21. The highest BCUT2D eigenvalue weighted by Gasteiger charge is 2.03. The number of rotatable bonds is 6. The molecule has 0 radical (unpaired) electrons. The summed E-state index contributed by atoms with van der Waals surface area (Å²) in [5.41, 5.74) is 1.62. The molecule has 0 aliphatic heterocycles. The Balaban J connectivity index is 0.00000289. The van der Waals surface area contributed by atoms with E-state index in [4.69, 9.17) is 0 Å². The monoisotopic (exact) mass is 365 g/mol. The summed E-state index contributed by atoms with van der Waals surface area (Å²) in [5.74, 6) is 0.940. The molecule has 3 nitrogen and oxygen atoms in total. The Hall–Kier alpha value is -0.260. The van der Waals surface area contributed by atoms with Crippen molar-refractivity contribution in [2.45, 2.75) is 51.9 Å². The molecule has 0 atom stereocenters. The van der Waals surface area contributed by atoms with Crippen LogP contribution in [-0.4, -0.2) is 26.1 Å². The lowest BCUT2D eigenvalue weighted by molar-refractivity contribution is 0.663. The van der Waals surface area contributed by atoms with Crippen LogP contribution in [0.1, 0.15) is 51.9 Å². The van der Waals surface area contributed by atoms with E-state index in [1.807, 2.05) is 7.05 Å². The fourth-order valence-electron chi connectivity index (χ4n) is 2.08. The summed E-state index contributed by atoms with van der Waals surface area (Å²) in [6.07, 6.45) is 11.3. The summed E-state index contributed by atoms with van der Waals surface area (Å²) < 4.78 is 0. The Bertz CT molecular complexity index is 262. The predicted molar refractivity (Wildman–Crippen MR) is 90.9 cm³/mol. The molecule has 0 aromatic rings. The van der Waals surface area contributed by atoms with E-state index in [9.17, 15) is 0 Å². The Morgan fingerprint density at radius 1 is 1.28 bits per heavy atom. The topological polar surface area (TPSA) is 36.4 Å². The van der Waals surface area contributed by atoms with Gasteiger partial charge < -0.3 is 10.6 Å². The average Bonchev–Trinajstić information content (AvgIpc) is 2.38. The first-order valence-corrected chi connectivity index (χ1v) is 6.99. The van der Waals surface area contributed by atoms with E-state index < -0.39 is 0 Å². The lowest BCUT2D eigenvalue weighted by Crippen LogP contribution is -2.38. The maximum Gasteiger partial charge on any atom is 0.190 e. The van der Waals surface area contributed by atoms with Crippen LogP contribution in [0, 0.1) is 0 Å². The third-order valence-corrected chi connectivity index (χ3v) is 3.17. The highest BCUT2D eigenvalue weighted by molar-refractivity contribution is 14.0. The number of nitrogens with zero attached hydrogens (tertiary/aromatic N) is 1. The van der Waals surface area contributed by atoms with Gasteiger partial charge in [0, 0.05) is 20.1 Å². The van der Waals surface area contributed by atoms with E-state index in [-0.39, 0.29) is 24.0 Å². The smallest absolute Gasteiger partial charge is 0.190 e. The molecular formula is C14H28IN3. The minimum Gasteiger partial charge on any atom is -0.356 e. The first kappa shape index (κ1) is 17.7. The minimum atomic E-state index is 0. The van der Waals surface area contributed by atoms with Crippen LogP contribution >= 0.6 is 24.0 Å². The quantitative estimate of drug-likeness (QED) is 0.249. The molecule has 18 heavy (non-hydrogen) atoms. The second-order valence-electron chi connectivity index (χ2n) is 4.64. The number of hydrogen-bond donors (Lipinski definition) is 2. The Labute approximate surface area is 129 Å². The van der Waals surface area contributed by atoms with Crippen LogP contribution < -0.4 is 10.6 Å². The number of allylic oxidation sites excluding steroid dienone is 1. The van der Waals surface area contributed by atoms with Crippen LogP contribution in [0.3, 0.4) is 0 Å². The third kappa shape index (κ3) is 7.95. The van der Waals surface area contributed by atoms with Gasteiger partial charge >= 0.3 is 0 Å². The van der Waals surface area contributed by atoms with Crippen molar-refractivity contribution in [2.24, 2.45) is 4.99 Å². The third-order valence-electron chi connectivity index (χ3n) is 3.17. The maximum atomic E-state index is 4.22. The number of unbranched alkanes of at least 4 members (excludes halogenated alkanes) is 1. The predicted octanol–water partition coefficient (Wildman–Crippen LogP) is 3.46. The fourth-order valence-corrected chi connectivity index (χ4v) is 2.08. The van der Waals surface area contributed by atoms with Crippen molar-refractivity contribution in [2.75, 3.05) is 20.1 Å². The molecule has 1 aliphatic carbocycles. The van der Waals surface area contributed by atoms with Gasteiger partial charge in [0.2, 0.25) is 0 Å². The molecule has 0 aromatic carbocycles. The van der Waals surface area contributed by atoms with Gasteiger partial charge in [-0.25, -0.2) is 0 Å². The molecule has 0 bridgehead atoms. The second kappa shape index (κ2) is 11.8. The molecule has 0 spiro atoms. The standard InChI is InChI=1S/C14H27N3.HI/c1-3-4-11-16-14(15-2)17-12-10-13-8-6-5-7-9-13;/h8H,3-7,9-12H2,1-2H3,(H2,15,16,17);1H. The normalized spacial score (nSPS) is 15.7. The number of aliphatic imine (C=N–C) groups is 1. The molecule has 0 aromatic heterocycles. The lowest BCUT2D eigenvalue weighted by atomic mass is 9.97. The van der Waals surface area contributed by atoms with Crippen LogP contribution in [0.4, 0.5) is 0 Å². The van der Waals surface area contributed by atoms with E-state index in [2.05, 4.69) is 28.6 Å². The molecule has 2 N–H and O–H groups in total. The Kier molecular flexibility index (Phi) is 11.6. The average molecular weight is 365 g/mol. The summed E-state index contributed by atoms with van der Waals surface area (Å²) in [5, 5.41) is 6.70. The zero-order chi connectivity index (χ0) is 12.3. The molecule has 0 heterocycles. The molecule has 1 aliphatic rings. The molecule has 0 amide bonds. The number of nitrogens with one attached hydrogen (secondary N) is 2. The molecule has 4 heteroatoms. The van der Waals surface area contributed by atoms with Gasteiger partial charge in [-0.1, -0.05) is 25.0 Å². The molecule has 106 valence electrons. The minimum absolute atomic E-state index is 0. The van der Waals surface area contributed by atoms with Crippen molar-refractivity contribution < 1.29 is 0 Å². The second-order valence-corrected chi connectivity index (χ2v) is 4.64. The van der Waals surface area contributed by atoms with E-state index in [0.717, 1.165) is 25.5 Å². The van der Waals surface area contributed by atoms with Gasteiger partial charge in [0.15, 0.2) is 5.96 Å². The van der Waals surface area contributed by atoms with E-state index in [1.54, 1.807) is 5.57 Å². The molecule has 0 saturated carbocycles. The maximum absolute atomic E-state index is 4.22. The molecule has 1 rings (SSSR count). The first-order valence-electron chi connectivity index (χ1n) is 6.99. The van der Waals surface area contributed by atoms with Crippen LogP contribution in [0.2, 0.25) is 0 Å². The van der Waals surface area contributed by atoms with Crippen molar-refractivity contribution in [1.82, 2.24) is 10.6 Å². The number of halogens is 1. The van der Waals surface area contributed by atoms with E-state index >= 15 is 0 Å². The van der Waals surface area contributed by atoms with E-state index in [1.165, 1.54) is 38.5 Å². The van der Waals surface area contributed by atoms with Crippen LogP contribution in [0.15, 0.2) is 16.6 Å². The van der Waals surface area contributed by atoms with Gasteiger partial charge in [-0.05, 0) is 38.5 Å². The summed E-state index contributed by atoms with van der Waals surface area (Å²) in [4.78, 5) is 4.22.